The van der Waals surface area contributed by atoms with Gasteiger partial charge >= 0.3 is 0 Å². The minimum absolute atomic E-state index is 0.0658. The molecule has 12 heavy (non-hydrogen) atoms. The van der Waals surface area contributed by atoms with Crippen LogP contribution in [0.4, 0.5) is 8.78 Å². The molecule has 1 rings (SSSR count). The van der Waals surface area contributed by atoms with Gasteiger partial charge in [-0.15, -0.1) is 0 Å². The van der Waals surface area contributed by atoms with E-state index in [1.54, 1.807) is 0 Å². The molecular formula is C8H11F2NO. The molecule has 1 aliphatic carbocycles. The fourth-order valence-electron chi connectivity index (χ4n) is 1.25. The number of hydrogen-bond donors (Lipinski definition) is 1. The number of amides is 1. The number of nitrogens with one attached hydrogen (secondary N) is 1. The maximum Gasteiger partial charge on any atom is 0.248 e. The molecule has 2 nitrogen and oxygen atoms in total. The second-order valence-electron chi connectivity index (χ2n) is 3.08. The van der Waals surface area contributed by atoms with Crippen molar-refractivity contribution in [1.29, 1.82) is 0 Å². The molecule has 0 saturated heterocycles. The van der Waals surface area contributed by atoms with Crippen molar-refractivity contribution in [2.24, 2.45) is 5.92 Å². The van der Waals surface area contributed by atoms with Gasteiger partial charge in [-0.05, 0) is 12.0 Å². The van der Waals surface area contributed by atoms with E-state index >= 15 is 0 Å². The molecule has 1 N–H and O–H groups in total. The predicted molar refractivity (Wildman–Crippen MR) is 40.9 cm³/mol. The Hall–Kier alpha value is -0.930. The largest absolute Gasteiger partial charge is 0.352 e. The highest BCUT2D eigenvalue weighted by atomic mass is 19.3. The lowest BCUT2D eigenvalue weighted by Gasteiger charge is -2.34. The molecule has 0 radical (unpaired) electrons. The SMILES string of the molecule is C=CC(=O)NCC1CC(F)(F)C1. The van der Waals surface area contributed by atoms with Crippen LogP contribution in [0, 0.1) is 5.92 Å². The summed E-state index contributed by atoms with van der Waals surface area (Å²) in [5.74, 6) is -2.86. The molecule has 1 amide bonds. The molecule has 0 aromatic heterocycles. The van der Waals surface area contributed by atoms with E-state index in [9.17, 15) is 13.6 Å². The number of rotatable bonds is 3. The highest BCUT2D eigenvalue weighted by molar-refractivity contribution is 5.86. The molecular weight excluding hydrogens is 164 g/mol. The lowest BCUT2D eigenvalue weighted by atomic mass is 9.81. The van der Waals surface area contributed by atoms with Crippen LogP contribution in [0.15, 0.2) is 12.7 Å². The van der Waals surface area contributed by atoms with Crippen LogP contribution < -0.4 is 5.32 Å². The fourth-order valence-corrected chi connectivity index (χ4v) is 1.25. The molecule has 1 fully saturated rings. The molecule has 1 aliphatic rings. The molecule has 4 heteroatoms. The van der Waals surface area contributed by atoms with Crippen molar-refractivity contribution >= 4 is 5.91 Å². The quantitative estimate of drug-likeness (QED) is 0.644. The first kappa shape index (κ1) is 9.16. The van der Waals surface area contributed by atoms with Gasteiger partial charge < -0.3 is 5.32 Å². The summed E-state index contributed by atoms with van der Waals surface area (Å²) in [6, 6.07) is 0. The van der Waals surface area contributed by atoms with Gasteiger partial charge in [-0.2, -0.15) is 0 Å². The van der Waals surface area contributed by atoms with Gasteiger partial charge in [0.2, 0.25) is 11.8 Å². The van der Waals surface area contributed by atoms with Crippen molar-refractivity contribution in [1.82, 2.24) is 5.32 Å². The third-order valence-corrected chi connectivity index (χ3v) is 1.92. The molecule has 0 bridgehead atoms. The van der Waals surface area contributed by atoms with Gasteiger partial charge in [0.05, 0.1) is 0 Å². The average Bonchev–Trinajstić information content (AvgIpc) is 1.96. The Morgan fingerprint density at radius 3 is 2.67 bits per heavy atom. The molecule has 0 aliphatic heterocycles. The van der Waals surface area contributed by atoms with Crippen LogP contribution in [-0.4, -0.2) is 18.4 Å². The Balaban J connectivity index is 2.12. The van der Waals surface area contributed by atoms with E-state index in [1.165, 1.54) is 0 Å². The zero-order valence-corrected chi connectivity index (χ0v) is 6.65. The Labute approximate surface area is 69.6 Å². The molecule has 68 valence electrons. The van der Waals surface area contributed by atoms with Gasteiger partial charge in [-0.3, -0.25) is 4.79 Å². The molecule has 0 aromatic rings. The van der Waals surface area contributed by atoms with Gasteiger partial charge in [-0.1, -0.05) is 6.58 Å². The highest BCUT2D eigenvalue weighted by Crippen LogP contribution is 2.41. The molecule has 0 spiro atoms. The molecule has 0 heterocycles. The van der Waals surface area contributed by atoms with Crippen LogP contribution in [0.5, 0.6) is 0 Å². The lowest BCUT2D eigenvalue weighted by molar-refractivity contribution is -0.122. The summed E-state index contributed by atoms with van der Waals surface area (Å²) in [4.78, 5) is 10.6. The van der Waals surface area contributed by atoms with E-state index in [0.717, 1.165) is 6.08 Å². The van der Waals surface area contributed by atoms with Crippen molar-refractivity contribution in [2.75, 3.05) is 6.54 Å². The smallest absolute Gasteiger partial charge is 0.248 e. The minimum Gasteiger partial charge on any atom is -0.352 e. The Kier molecular flexibility index (Phi) is 2.45. The summed E-state index contributed by atoms with van der Waals surface area (Å²) in [6.45, 7) is 3.58. The first-order valence-electron chi connectivity index (χ1n) is 3.81. The van der Waals surface area contributed by atoms with E-state index in [1.807, 2.05) is 0 Å². The first-order valence-corrected chi connectivity index (χ1v) is 3.81. The highest BCUT2D eigenvalue weighted by Gasteiger charge is 2.44. The molecule has 1 saturated carbocycles. The third kappa shape index (κ3) is 2.29. The number of alkyl halides is 2. The maximum absolute atomic E-state index is 12.3. The summed E-state index contributed by atoms with van der Waals surface area (Å²) in [5, 5.41) is 2.48. The van der Waals surface area contributed by atoms with Crippen LogP contribution in [0.25, 0.3) is 0 Å². The van der Waals surface area contributed by atoms with E-state index in [2.05, 4.69) is 11.9 Å². The van der Waals surface area contributed by atoms with E-state index in [4.69, 9.17) is 0 Å². The van der Waals surface area contributed by atoms with Crippen molar-refractivity contribution in [3.63, 3.8) is 0 Å². The van der Waals surface area contributed by atoms with E-state index in [-0.39, 0.29) is 24.7 Å². The second-order valence-corrected chi connectivity index (χ2v) is 3.08. The summed E-state index contributed by atoms with van der Waals surface area (Å²) in [5.41, 5.74) is 0. The van der Waals surface area contributed by atoms with Crippen LogP contribution in [0.1, 0.15) is 12.8 Å². The zero-order valence-electron chi connectivity index (χ0n) is 6.65. The minimum atomic E-state index is -2.50. The fraction of sp³-hybridized carbons (Fsp3) is 0.625. The van der Waals surface area contributed by atoms with Crippen molar-refractivity contribution < 1.29 is 13.6 Å². The van der Waals surface area contributed by atoms with Gasteiger partial charge in [0.1, 0.15) is 0 Å². The number of carbonyl (C=O) groups is 1. The Morgan fingerprint density at radius 2 is 2.25 bits per heavy atom. The van der Waals surface area contributed by atoms with Gasteiger partial charge in [-0.25, -0.2) is 8.78 Å². The molecule has 0 atom stereocenters. The first-order chi connectivity index (χ1) is 5.53. The van der Waals surface area contributed by atoms with Crippen molar-refractivity contribution in [2.45, 2.75) is 18.8 Å². The van der Waals surface area contributed by atoms with Gasteiger partial charge in [0.25, 0.3) is 0 Å². The summed E-state index contributed by atoms with van der Waals surface area (Å²) in [7, 11) is 0. The van der Waals surface area contributed by atoms with Gasteiger partial charge in [0, 0.05) is 19.4 Å². The second kappa shape index (κ2) is 3.21. The standard InChI is InChI=1S/C8H11F2NO/c1-2-7(12)11-5-6-3-8(9,10)4-6/h2,6H,1,3-5H2,(H,11,12). The van der Waals surface area contributed by atoms with Crippen LogP contribution in [0.2, 0.25) is 0 Å². The van der Waals surface area contributed by atoms with Crippen LogP contribution >= 0.6 is 0 Å². The number of carbonyl (C=O) groups excluding carboxylic acids is 1. The number of hydrogen-bond acceptors (Lipinski definition) is 1. The van der Waals surface area contributed by atoms with Crippen molar-refractivity contribution in [3.05, 3.63) is 12.7 Å². The summed E-state index contributed by atoms with van der Waals surface area (Å²) >= 11 is 0. The normalized spacial score (nSPS) is 21.2. The topological polar surface area (TPSA) is 29.1 Å². The van der Waals surface area contributed by atoms with E-state index in [0.29, 0.717) is 6.54 Å². The molecule has 0 unspecified atom stereocenters. The summed E-state index contributed by atoms with van der Waals surface area (Å²) in [6.07, 6.45) is 0.922. The third-order valence-electron chi connectivity index (χ3n) is 1.92. The van der Waals surface area contributed by atoms with Crippen LogP contribution in [0.3, 0.4) is 0 Å². The number of halogens is 2. The van der Waals surface area contributed by atoms with Gasteiger partial charge in [0.15, 0.2) is 0 Å². The molecule has 0 aromatic carbocycles. The summed E-state index contributed by atoms with van der Waals surface area (Å²) < 4.78 is 24.5. The Morgan fingerprint density at radius 1 is 1.67 bits per heavy atom. The zero-order chi connectivity index (χ0) is 9.19. The van der Waals surface area contributed by atoms with Crippen LogP contribution in [-0.2, 0) is 4.79 Å². The monoisotopic (exact) mass is 175 g/mol. The van der Waals surface area contributed by atoms with E-state index < -0.39 is 5.92 Å². The van der Waals surface area contributed by atoms with Crippen molar-refractivity contribution in [3.8, 4) is 0 Å². The Bertz CT molecular complexity index is 195. The maximum atomic E-state index is 12.3. The predicted octanol–water partition coefficient (Wildman–Crippen LogP) is 1.33. The lowest BCUT2D eigenvalue weighted by Crippen LogP contribution is -2.42. The average molecular weight is 175 g/mol.